The Balaban J connectivity index is 2.96. The molecule has 15 heavy (non-hydrogen) atoms. The largest absolute Gasteiger partial charge is 0.493 e. The van der Waals surface area contributed by atoms with Gasteiger partial charge in [-0.05, 0) is 0 Å². The zero-order valence-corrected chi connectivity index (χ0v) is 8.48. The predicted octanol–water partition coefficient (Wildman–Crippen LogP) is 0.142. The summed E-state index contributed by atoms with van der Waals surface area (Å²) in [4.78, 5) is 28.2. The highest BCUT2D eigenvalue weighted by Gasteiger charge is 2.18. The van der Waals surface area contributed by atoms with Gasteiger partial charge in [-0.25, -0.2) is 4.98 Å². The molecular formula is C9H12N2O4. The first-order valence-corrected chi connectivity index (χ1v) is 4.39. The maximum absolute atomic E-state index is 11.3. The molecule has 82 valence electrons. The van der Waals surface area contributed by atoms with Crippen LogP contribution in [0.3, 0.4) is 0 Å². The van der Waals surface area contributed by atoms with E-state index >= 15 is 0 Å². The van der Waals surface area contributed by atoms with Crippen molar-refractivity contribution in [3.05, 3.63) is 22.2 Å². The van der Waals surface area contributed by atoms with Gasteiger partial charge in [-0.2, -0.15) is 0 Å². The molecule has 1 aromatic rings. The Bertz CT molecular complexity index is 413. The number of rotatable bonds is 3. The number of carbonyl (C=O) groups is 1. The number of aromatic nitrogens is 2. The predicted molar refractivity (Wildman–Crippen MR) is 51.6 cm³/mol. The van der Waals surface area contributed by atoms with E-state index in [4.69, 9.17) is 0 Å². The molecule has 1 aromatic heterocycles. The Kier molecular flexibility index (Phi) is 3.43. The number of nitrogens with one attached hydrogen (secondary N) is 1. The van der Waals surface area contributed by atoms with Crippen LogP contribution >= 0.6 is 0 Å². The van der Waals surface area contributed by atoms with Crippen molar-refractivity contribution in [1.82, 2.24) is 9.97 Å². The van der Waals surface area contributed by atoms with Gasteiger partial charge in [0.25, 0.3) is 5.56 Å². The summed E-state index contributed by atoms with van der Waals surface area (Å²) >= 11 is 0. The van der Waals surface area contributed by atoms with Gasteiger partial charge in [0, 0.05) is 5.92 Å². The molecule has 2 N–H and O–H groups in total. The fraction of sp³-hybridized carbons (Fsp3) is 0.444. The molecule has 1 atom stereocenters. The van der Waals surface area contributed by atoms with Crippen molar-refractivity contribution >= 4 is 5.97 Å². The van der Waals surface area contributed by atoms with Crippen LogP contribution in [-0.4, -0.2) is 28.2 Å². The van der Waals surface area contributed by atoms with E-state index in [9.17, 15) is 14.7 Å². The third kappa shape index (κ3) is 2.55. The minimum Gasteiger partial charge on any atom is -0.493 e. The fourth-order valence-electron chi connectivity index (χ4n) is 1.28. The average molecular weight is 212 g/mol. The summed E-state index contributed by atoms with van der Waals surface area (Å²) in [6.45, 7) is 1.64. The summed E-state index contributed by atoms with van der Waals surface area (Å²) in [5, 5.41) is 9.36. The molecule has 0 radical (unpaired) electrons. The number of methoxy groups -OCH3 is 1. The minimum atomic E-state index is -0.445. The number of aromatic amines is 1. The molecule has 0 saturated heterocycles. The molecule has 0 amide bonds. The van der Waals surface area contributed by atoms with E-state index in [2.05, 4.69) is 14.7 Å². The zero-order chi connectivity index (χ0) is 11.4. The highest BCUT2D eigenvalue weighted by atomic mass is 16.5. The summed E-state index contributed by atoms with van der Waals surface area (Å²) in [6.07, 6.45) is 1.13. The van der Waals surface area contributed by atoms with Crippen LogP contribution in [0.1, 0.15) is 24.8 Å². The van der Waals surface area contributed by atoms with E-state index in [0.29, 0.717) is 0 Å². The Morgan fingerprint density at radius 2 is 2.40 bits per heavy atom. The number of ether oxygens (including phenoxy) is 1. The lowest BCUT2D eigenvalue weighted by Gasteiger charge is -2.09. The van der Waals surface area contributed by atoms with E-state index < -0.39 is 17.4 Å². The van der Waals surface area contributed by atoms with E-state index in [1.807, 2.05) is 0 Å². The highest BCUT2D eigenvalue weighted by molar-refractivity contribution is 5.70. The highest BCUT2D eigenvalue weighted by Crippen LogP contribution is 2.21. The summed E-state index contributed by atoms with van der Waals surface area (Å²) < 4.78 is 4.47. The molecule has 0 aromatic carbocycles. The quantitative estimate of drug-likeness (QED) is 0.695. The Labute approximate surface area is 85.9 Å². The van der Waals surface area contributed by atoms with Gasteiger partial charge in [-0.15, -0.1) is 0 Å². The van der Waals surface area contributed by atoms with Crippen molar-refractivity contribution in [2.24, 2.45) is 0 Å². The fourth-order valence-corrected chi connectivity index (χ4v) is 1.28. The standard InChI is InChI=1S/C9H12N2O4/c1-5(3-6(12)15-2)7-8(13)10-4-11-9(7)14/h4-5H,3H2,1-2H3,(H2,10,11,13,14)/t5-/m0/s1. The van der Waals surface area contributed by atoms with Crippen molar-refractivity contribution in [3.63, 3.8) is 0 Å². The van der Waals surface area contributed by atoms with Crippen LogP contribution < -0.4 is 5.56 Å². The van der Waals surface area contributed by atoms with Crippen LogP contribution in [-0.2, 0) is 9.53 Å². The molecule has 1 heterocycles. The lowest BCUT2D eigenvalue weighted by Crippen LogP contribution is -2.17. The third-order valence-corrected chi connectivity index (χ3v) is 2.06. The number of hydrogen-bond donors (Lipinski definition) is 2. The van der Waals surface area contributed by atoms with Crippen molar-refractivity contribution in [2.45, 2.75) is 19.3 Å². The second kappa shape index (κ2) is 4.59. The normalized spacial score (nSPS) is 12.1. The van der Waals surface area contributed by atoms with Gasteiger partial charge in [0.05, 0.1) is 25.4 Å². The first kappa shape index (κ1) is 11.2. The van der Waals surface area contributed by atoms with Crippen LogP contribution in [0, 0.1) is 0 Å². The minimum absolute atomic E-state index is 0.0266. The molecular weight excluding hydrogens is 200 g/mol. The average Bonchev–Trinajstić information content (AvgIpc) is 2.17. The molecule has 0 spiro atoms. The van der Waals surface area contributed by atoms with Crippen molar-refractivity contribution in [1.29, 1.82) is 0 Å². The molecule has 0 aliphatic heterocycles. The van der Waals surface area contributed by atoms with Crippen LogP contribution in [0.15, 0.2) is 11.1 Å². The van der Waals surface area contributed by atoms with Crippen molar-refractivity contribution < 1.29 is 14.6 Å². The van der Waals surface area contributed by atoms with Gasteiger partial charge in [-0.1, -0.05) is 6.92 Å². The number of esters is 1. The van der Waals surface area contributed by atoms with Crippen LogP contribution in [0.2, 0.25) is 0 Å². The Morgan fingerprint density at radius 1 is 1.73 bits per heavy atom. The van der Waals surface area contributed by atoms with E-state index in [1.165, 1.54) is 7.11 Å². The number of H-pyrrole nitrogens is 1. The SMILES string of the molecule is COC(=O)C[C@H](C)c1c(O)nc[nH]c1=O. The molecule has 0 fully saturated rings. The molecule has 0 unspecified atom stereocenters. The second-order valence-corrected chi connectivity index (χ2v) is 3.15. The Hall–Kier alpha value is -1.85. The topological polar surface area (TPSA) is 92.3 Å². The summed E-state index contributed by atoms with van der Waals surface area (Å²) in [6, 6.07) is 0. The molecule has 1 rings (SSSR count). The smallest absolute Gasteiger partial charge is 0.306 e. The molecule has 0 aliphatic rings. The molecule has 6 nitrogen and oxygen atoms in total. The number of aromatic hydroxyl groups is 1. The molecule has 0 saturated carbocycles. The summed E-state index contributed by atoms with van der Waals surface area (Å²) in [5.74, 6) is -1.23. The molecule has 0 bridgehead atoms. The van der Waals surface area contributed by atoms with Crippen molar-refractivity contribution in [2.75, 3.05) is 7.11 Å². The third-order valence-electron chi connectivity index (χ3n) is 2.06. The Morgan fingerprint density at radius 3 is 2.93 bits per heavy atom. The zero-order valence-electron chi connectivity index (χ0n) is 8.48. The van der Waals surface area contributed by atoms with Crippen LogP contribution in [0.4, 0.5) is 0 Å². The number of carbonyl (C=O) groups excluding carboxylic acids is 1. The number of hydrogen-bond acceptors (Lipinski definition) is 5. The summed E-state index contributed by atoms with van der Waals surface area (Å²) in [7, 11) is 1.27. The van der Waals surface area contributed by atoms with Gasteiger partial charge in [0.15, 0.2) is 0 Å². The summed E-state index contributed by atoms with van der Waals surface area (Å²) in [5.41, 5.74) is -0.346. The van der Waals surface area contributed by atoms with Crippen LogP contribution in [0.5, 0.6) is 5.88 Å². The van der Waals surface area contributed by atoms with Gasteiger partial charge >= 0.3 is 5.97 Å². The van der Waals surface area contributed by atoms with Gasteiger partial charge in [-0.3, -0.25) is 9.59 Å². The lowest BCUT2D eigenvalue weighted by molar-refractivity contribution is -0.140. The maximum atomic E-state index is 11.3. The van der Waals surface area contributed by atoms with Crippen molar-refractivity contribution in [3.8, 4) is 5.88 Å². The van der Waals surface area contributed by atoms with Gasteiger partial charge in [0.2, 0.25) is 5.88 Å². The maximum Gasteiger partial charge on any atom is 0.306 e. The lowest BCUT2D eigenvalue weighted by atomic mass is 10.0. The molecule has 0 aliphatic carbocycles. The van der Waals surface area contributed by atoms with Gasteiger partial charge < -0.3 is 14.8 Å². The molecule has 6 heteroatoms. The second-order valence-electron chi connectivity index (χ2n) is 3.15. The van der Waals surface area contributed by atoms with E-state index in [0.717, 1.165) is 6.33 Å². The van der Waals surface area contributed by atoms with E-state index in [-0.39, 0.29) is 17.9 Å². The number of nitrogens with zero attached hydrogens (tertiary/aromatic N) is 1. The first-order valence-electron chi connectivity index (χ1n) is 4.39. The van der Waals surface area contributed by atoms with E-state index in [1.54, 1.807) is 6.92 Å². The van der Waals surface area contributed by atoms with Crippen LogP contribution in [0.25, 0.3) is 0 Å². The first-order chi connectivity index (χ1) is 7.06. The van der Waals surface area contributed by atoms with Gasteiger partial charge in [0.1, 0.15) is 0 Å². The monoisotopic (exact) mass is 212 g/mol.